The van der Waals surface area contributed by atoms with E-state index in [2.05, 4.69) is 32.0 Å². The number of ether oxygens (including phenoxy) is 1. The number of rotatable bonds is 6. The van der Waals surface area contributed by atoms with E-state index in [-0.39, 0.29) is 11.8 Å². The Morgan fingerprint density at radius 2 is 1.63 bits per heavy atom. The zero-order chi connectivity index (χ0) is 21.1. The predicted molar refractivity (Wildman–Crippen MR) is 114 cm³/mol. The van der Waals surface area contributed by atoms with Crippen LogP contribution in [0, 0.1) is 5.82 Å². The maximum atomic E-state index is 13.5. The van der Waals surface area contributed by atoms with Crippen molar-refractivity contribution in [3.05, 3.63) is 72.2 Å². The summed E-state index contributed by atoms with van der Waals surface area (Å²) in [5, 5.41) is 0. The summed E-state index contributed by atoms with van der Waals surface area (Å²) in [5.74, 6) is 0.412. The van der Waals surface area contributed by atoms with Gasteiger partial charge in [-0.2, -0.15) is 4.98 Å². The lowest BCUT2D eigenvalue weighted by Gasteiger charge is -2.09. The van der Waals surface area contributed by atoms with Crippen LogP contribution in [0.4, 0.5) is 4.39 Å². The number of H-pyrrole nitrogens is 1. The van der Waals surface area contributed by atoms with Gasteiger partial charge in [-0.05, 0) is 50.0 Å². The molecule has 2 aromatic carbocycles. The lowest BCUT2D eigenvalue weighted by molar-refractivity contribution is 0.380. The topological polar surface area (TPSA) is 66.9 Å². The molecule has 6 nitrogen and oxygen atoms in total. The van der Waals surface area contributed by atoms with E-state index in [4.69, 9.17) is 9.72 Å². The molecule has 152 valence electrons. The first-order valence-corrected chi connectivity index (χ1v) is 9.51. The van der Waals surface area contributed by atoms with Crippen LogP contribution in [-0.2, 0) is 6.54 Å². The molecule has 0 aliphatic heterocycles. The van der Waals surface area contributed by atoms with Gasteiger partial charge >= 0.3 is 6.01 Å². The smallest absolute Gasteiger partial charge is 0.316 e. The molecular weight excluding hydrogens is 381 g/mol. The first kappa shape index (κ1) is 19.7. The van der Waals surface area contributed by atoms with E-state index in [1.54, 1.807) is 24.4 Å². The van der Waals surface area contributed by atoms with E-state index in [1.807, 2.05) is 26.2 Å². The molecule has 1 N–H and O–H groups in total. The highest BCUT2D eigenvalue weighted by Gasteiger charge is 2.17. The normalized spacial score (nSPS) is 11.1. The van der Waals surface area contributed by atoms with Crippen molar-refractivity contribution in [3.63, 3.8) is 0 Å². The molecular formula is C23H22FN5O. The van der Waals surface area contributed by atoms with Crippen molar-refractivity contribution in [2.24, 2.45) is 0 Å². The lowest BCUT2D eigenvalue weighted by atomic mass is 10.1. The molecule has 0 bridgehead atoms. The maximum Gasteiger partial charge on any atom is 0.316 e. The first-order chi connectivity index (χ1) is 14.5. The molecule has 4 aromatic rings. The minimum atomic E-state index is -0.295. The molecule has 0 aliphatic rings. The molecule has 7 heteroatoms. The highest BCUT2D eigenvalue weighted by molar-refractivity contribution is 5.79. The van der Waals surface area contributed by atoms with Crippen LogP contribution in [-0.4, -0.2) is 46.0 Å². The van der Waals surface area contributed by atoms with Crippen LogP contribution in [0.5, 0.6) is 6.01 Å². The fourth-order valence-electron chi connectivity index (χ4n) is 3.22. The van der Waals surface area contributed by atoms with Gasteiger partial charge in [0.05, 0.1) is 24.2 Å². The number of imidazole rings is 1. The van der Waals surface area contributed by atoms with Crippen LogP contribution >= 0.6 is 0 Å². The summed E-state index contributed by atoms with van der Waals surface area (Å²) in [6, 6.07) is 16.6. The minimum absolute atomic E-state index is 0.266. The summed E-state index contributed by atoms with van der Waals surface area (Å²) in [6.45, 7) is 0.866. The van der Waals surface area contributed by atoms with Crippen LogP contribution in [0.3, 0.4) is 0 Å². The Labute approximate surface area is 174 Å². The summed E-state index contributed by atoms with van der Waals surface area (Å²) in [7, 11) is 5.60. The van der Waals surface area contributed by atoms with Crippen molar-refractivity contribution in [1.82, 2.24) is 24.8 Å². The van der Waals surface area contributed by atoms with Gasteiger partial charge in [0.1, 0.15) is 11.6 Å². The maximum absolute atomic E-state index is 13.5. The highest BCUT2D eigenvalue weighted by atomic mass is 19.1. The van der Waals surface area contributed by atoms with E-state index < -0.39 is 0 Å². The van der Waals surface area contributed by atoms with Gasteiger partial charge in [0.25, 0.3) is 0 Å². The number of nitrogens with one attached hydrogen (secondary N) is 1. The average molecular weight is 403 g/mol. The largest absolute Gasteiger partial charge is 0.467 e. The Kier molecular flexibility index (Phi) is 5.54. The van der Waals surface area contributed by atoms with Crippen LogP contribution < -0.4 is 4.74 Å². The lowest BCUT2D eigenvalue weighted by Crippen LogP contribution is -2.10. The zero-order valence-corrected chi connectivity index (χ0v) is 17.1. The molecule has 2 heterocycles. The molecule has 0 aliphatic carbocycles. The van der Waals surface area contributed by atoms with Crippen LogP contribution in [0.25, 0.3) is 34.0 Å². The summed E-state index contributed by atoms with van der Waals surface area (Å²) in [6.07, 6.45) is 1.63. The van der Waals surface area contributed by atoms with E-state index in [9.17, 15) is 4.39 Å². The summed E-state index contributed by atoms with van der Waals surface area (Å²) in [4.78, 5) is 18.8. The highest BCUT2D eigenvalue weighted by Crippen LogP contribution is 2.32. The number of aromatic nitrogens is 4. The number of benzene rings is 2. The van der Waals surface area contributed by atoms with Gasteiger partial charge in [0.15, 0.2) is 0 Å². The van der Waals surface area contributed by atoms with Gasteiger partial charge < -0.3 is 14.6 Å². The van der Waals surface area contributed by atoms with Crippen molar-refractivity contribution < 1.29 is 9.13 Å². The number of nitrogens with zero attached hydrogens (tertiary/aromatic N) is 4. The Hall–Kier alpha value is -3.58. The van der Waals surface area contributed by atoms with E-state index in [0.717, 1.165) is 23.4 Å². The first-order valence-electron chi connectivity index (χ1n) is 9.51. The van der Waals surface area contributed by atoms with Crippen LogP contribution in [0.2, 0.25) is 0 Å². The predicted octanol–water partition coefficient (Wildman–Crippen LogP) is 4.41. The van der Waals surface area contributed by atoms with Crippen molar-refractivity contribution in [2.45, 2.75) is 6.54 Å². The molecule has 0 saturated carbocycles. The third-order valence-corrected chi connectivity index (χ3v) is 4.62. The van der Waals surface area contributed by atoms with E-state index in [0.29, 0.717) is 17.2 Å². The number of hydrogen-bond acceptors (Lipinski definition) is 5. The van der Waals surface area contributed by atoms with Gasteiger partial charge in [0.2, 0.25) is 0 Å². The number of aromatic amines is 1. The number of halogens is 1. The van der Waals surface area contributed by atoms with Crippen LogP contribution in [0.15, 0.2) is 60.8 Å². The SMILES string of the molecule is COc1nccc(-c2[nH]c(-c3ccc(CN(C)C)cc3)nc2-c2ccc(F)cc2)n1. The van der Waals surface area contributed by atoms with Crippen molar-refractivity contribution in [2.75, 3.05) is 21.2 Å². The van der Waals surface area contributed by atoms with Crippen molar-refractivity contribution in [1.29, 1.82) is 0 Å². The molecule has 2 aromatic heterocycles. The fraction of sp³-hybridized carbons (Fsp3) is 0.174. The summed E-state index contributed by atoms with van der Waals surface area (Å²) < 4.78 is 18.6. The molecule has 0 fully saturated rings. The quantitative estimate of drug-likeness (QED) is 0.517. The Morgan fingerprint density at radius 1 is 0.933 bits per heavy atom. The minimum Gasteiger partial charge on any atom is -0.467 e. The van der Waals surface area contributed by atoms with Gasteiger partial charge in [-0.1, -0.05) is 24.3 Å². The van der Waals surface area contributed by atoms with Crippen molar-refractivity contribution in [3.8, 4) is 40.0 Å². The second kappa shape index (κ2) is 8.42. The average Bonchev–Trinajstić information content (AvgIpc) is 3.20. The van der Waals surface area contributed by atoms with Gasteiger partial charge in [-0.3, -0.25) is 0 Å². The second-order valence-corrected chi connectivity index (χ2v) is 7.18. The Bertz CT molecular complexity index is 1140. The van der Waals surface area contributed by atoms with E-state index >= 15 is 0 Å². The Balaban J connectivity index is 1.80. The molecule has 0 unspecified atom stereocenters. The molecule has 30 heavy (non-hydrogen) atoms. The number of methoxy groups -OCH3 is 1. The second-order valence-electron chi connectivity index (χ2n) is 7.18. The Morgan fingerprint density at radius 3 is 2.30 bits per heavy atom. The summed E-state index contributed by atoms with van der Waals surface area (Å²) >= 11 is 0. The van der Waals surface area contributed by atoms with Gasteiger partial charge in [-0.25, -0.2) is 14.4 Å². The zero-order valence-electron chi connectivity index (χ0n) is 17.1. The van der Waals surface area contributed by atoms with Gasteiger partial charge in [-0.15, -0.1) is 0 Å². The molecule has 0 spiro atoms. The third kappa shape index (κ3) is 4.21. The van der Waals surface area contributed by atoms with Crippen LogP contribution in [0.1, 0.15) is 5.56 Å². The van der Waals surface area contributed by atoms with E-state index in [1.165, 1.54) is 24.8 Å². The molecule has 0 saturated heterocycles. The third-order valence-electron chi connectivity index (χ3n) is 4.62. The molecule has 0 radical (unpaired) electrons. The molecule has 4 rings (SSSR count). The summed E-state index contributed by atoms with van der Waals surface area (Å²) in [5.41, 5.74) is 5.00. The molecule has 0 amide bonds. The van der Waals surface area contributed by atoms with Gasteiger partial charge in [0, 0.05) is 23.9 Å². The monoisotopic (exact) mass is 403 g/mol. The fourth-order valence-corrected chi connectivity index (χ4v) is 3.22. The standard InChI is InChI=1S/C23H22FN5O/c1-29(2)14-15-4-6-17(7-5-15)22-27-20(16-8-10-18(24)11-9-16)21(28-22)19-12-13-25-23(26-19)30-3/h4-13H,14H2,1-3H3,(H,27,28). The number of hydrogen-bond donors (Lipinski definition) is 1. The van der Waals surface area contributed by atoms with Crippen molar-refractivity contribution >= 4 is 0 Å². The molecule has 0 atom stereocenters.